The van der Waals surface area contributed by atoms with Gasteiger partial charge in [0.1, 0.15) is 0 Å². The topological polar surface area (TPSA) is 43.6 Å². The highest BCUT2D eigenvalue weighted by molar-refractivity contribution is 6.20. The Morgan fingerprint density at radius 3 is 1.53 bits per heavy atom. The lowest BCUT2D eigenvalue weighted by Crippen LogP contribution is -2.02. The van der Waals surface area contributed by atoms with Crippen LogP contribution in [0.3, 0.4) is 0 Å². The Morgan fingerprint density at radius 2 is 0.811 bits per heavy atom. The predicted molar refractivity (Wildman–Crippen MR) is 220 cm³/mol. The fourth-order valence-corrected chi connectivity index (χ4v) is 8.10. The summed E-state index contributed by atoms with van der Waals surface area (Å²) in [7, 11) is 0. The van der Waals surface area contributed by atoms with Crippen LogP contribution in [0.5, 0.6) is 0 Å². The second-order valence-electron chi connectivity index (χ2n) is 13.6. The maximum atomic E-state index is 5.27. The maximum absolute atomic E-state index is 5.27. The van der Waals surface area contributed by atoms with Crippen LogP contribution in [0.25, 0.3) is 105 Å². The van der Waals surface area contributed by atoms with Crippen LogP contribution in [0.4, 0.5) is 0 Å². The van der Waals surface area contributed by atoms with Gasteiger partial charge in [-0.3, -0.25) is 0 Å². The molecule has 0 spiro atoms. The molecule has 0 radical (unpaired) electrons. The van der Waals surface area contributed by atoms with Crippen molar-refractivity contribution in [3.63, 3.8) is 0 Å². The molecule has 4 heteroatoms. The summed E-state index contributed by atoms with van der Waals surface area (Å²) in [5.74, 6) is 1.91. The predicted octanol–water partition coefficient (Wildman–Crippen LogP) is 12.6. The first kappa shape index (κ1) is 29.5. The van der Waals surface area contributed by atoms with Crippen LogP contribution in [0.1, 0.15) is 0 Å². The molecule has 2 heterocycles. The molecule has 0 N–H and O–H groups in total. The van der Waals surface area contributed by atoms with Crippen molar-refractivity contribution in [2.45, 2.75) is 0 Å². The monoisotopic (exact) mass is 674 g/mol. The molecule has 0 unspecified atom stereocenters. The molecule has 0 atom stereocenters. The van der Waals surface area contributed by atoms with Gasteiger partial charge in [0.2, 0.25) is 0 Å². The minimum atomic E-state index is 0.630. The minimum Gasteiger partial charge on any atom is -0.309 e. The summed E-state index contributed by atoms with van der Waals surface area (Å²) in [6.07, 6.45) is 0. The number of rotatable bonds is 4. The average Bonchev–Trinajstić information content (AvgIpc) is 3.57. The van der Waals surface area contributed by atoms with Gasteiger partial charge in [-0.15, -0.1) is 0 Å². The van der Waals surface area contributed by atoms with Crippen molar-refractivity contribution < 1.29 is 0 Å². The molecule has 0 aliphatic heterocycles. The molecule has 0 amide bonds. The molecular formula is C49H30N4. The number of aromatic nitrogens is 4. The van der Waals surface area contributed by atoms with Crippen molar-refractivity contribution in [2.75, 3.05) is 0 Å². The SMILES string of the molecule is c1ccc(-c2nc(-c3cc(-n4c5ccccc5c5ccccc54)c4ccccc4c3)nc(-c3ccc4ccc5ccc6ccccc6c5c4c3)n2)cc1. The molecule has 53 heavy (non-hydrogen) atoms. The lowest BCUT2D eigenvalue weighted by molar-refractivity contribution is 1.07. The van der Waals surface area contributed by atoms with Crippen molar-refractivity contribution in [1.29, 1.82) is 0 Å². The molecular weight excluding hydrogens is 645 g/mol. The molecule has 0 aliphatic carbocycles. The average molecular weight is 675 g/mol. The van der Waals surface area contributed by atoms with Crippen LogP contribution < -0.4 is 0 Å². The van der Waals surface area contributed by atoms with Crippen molar-refractivity contribution >= 4 is 64.9 Å². The first-order valence-corrected chi connectivity index (χ1v) is 17.9. The van der Waals surface area contributed by atoms with E-state index in [1.54, 1.807) is 0 Å². The highest BCUT2D eigenvalue weighted by Crippen LogP contribution is 2.38. The lowest BCUT2D eigenvalue weighted by atomic mass is 9.95. The summed E-state index contributed by atoms with van der Waals surface area (Å²) in [5.41, 5.74) is 6.23. The third kappa shape index (κ3) is 4.73. The second kappa shape index (κ2) is 11.7. The van der Waals surface area contributed by atoms with E-state index < -0.39 is 0 Å². The zero-order valence-corrected chi connectivity index (χ0v) is 28.6. The van der Waals surface area contributed by atoms with E-state index in [-0.39, 0.29) is 0 Å². The summed E-state index contributed by atoms with van der Waals surface area (Å²) >= 11 is 0. The standard InChI is InChI=1S/C49H30N4/c1-2-13-34(14-3-1)47-50-48(36-27-24-32-23-26-33-25-22-31-12-4-7-17-39(31)46(33)42(32)29-36)52-49(51-47)37-28-35-15-5-6-16-38(35)45(30-37)53-43-20-10-8-18-40(43)41-19-9-11-21-44(41)53/h1-30H. The molecule has 0 saturated carbocycles. The largest absolute Gasteiger partial charge is 0.309 e. The fourth-order valence-electron chi connectivity index (χ4n) is 8.10. The molecule has 2 aromatic heterocycles. The van der Waals surface area contributed by atoms with Crippen molar-refractivity contribution in [3.8, 4) is 39.9 Å². The van der Waals surface area contributed by atoms with E-state index in [1.807, 2.05) is 18.2 Å². The zero-order valence-electron chi connectivity index (χ0n) is 28.6. The Labute approximate surface area is 305 Å². The number of para-hydroxylation sites is 2. The van der Waals surface area contributed by atoms with Gasteiger partial charge in [0.25, 0.3) is 0 Å². The van der Waals surface area contributed by atoms with Gasteiger partial charge in [0.05, 0.1) is 16.7 Å². The Balaban J connectivity index is 1.18. The Hall–Kier alpha value is -7.17. The number of hydrogen-bond acceptors (Lipinski definition) is 3. The zero-order chi connectivity index (χ0) is 34.9. The van der Waals surface area contributed by atoms with E-state index in [9.17, 15) is 0 Å². The summed E-state index contributed by atoms with van der Waals surface area (Å²) < 4.78 is 2.38. The van der Waals surface area contributed by atoms with E-state index in [0.29, 0.717) is 17.5 Å². The van der Waals surface area contributed by atoms with Crippen molar-refractivity contribution in [2.24, 2.45) is 0 Å². The van der Waals surface area contributed by atoms with Gasteiger partial charge in [0, 0.05) is 32.8 Å². The van der Waals surface area contributed by atoms with Gasteiger partial charge < -0.3 is 4.57 Å². The molecule has 9 aromatic carbocycles. The summed E-state index contributed by atoms with van der Waals surface area (Å²) in [6, 6.07) is 64.6. The molecule has 0 fully saturated rings. The molecule has 246 valence electrons. The number of fused-ring (bicyclic) bond motifs is 9. The van der Waals surface area contributed by atoms with Gasteiger partial charge in [-0.05, 0) is 68.0 Å². The molecule has 4 nitrogen and oxygen atoms in total. The van der Waals surface area contributed by atoms with Crippen molar-refractivity contribution in [1.82, 2.24) is 19.5 Å². The van der Waals surface area contributed by atoms with E-state index in [1.165, 1.54) is 43.1 Å². The third-order valence-corrected chi connectivity index (χ3v) is 10.6. The first-order valence-electron chi connectivity index (χ1n) is 17.9. The van der Waals surface area contributed by atoms with Gasteiger partial charge >= 0.3 is 0 Å². The Bertz CT molecular complexity index is 3170. The number of hydrogen-bond donors (Lipinski definition) is 0. The molecule has 0 saturated heterocycles. The van der Waals surface area contributed by atoms with E-state index in [0.717, 1.165) is 44.2 Å². The van der Waals surface area contributed by atoms with Crippen LogP contribution in [0.2, 0.25) is 0 Å². The van der Waals surface area contributed by atoms with Crippen LogP contribution in [-0.4, -0.2) is 19.5 Å². The highest BCUT2D eigenvalue weighted by atomic mass is 15.0. The van der Waals surface area contributed by atoms with Gasteiger partial charge in [-0.25, -0.2) is 15.0 Å². The number of nitrogens with zero attached hydrogens (tertiary/aromatic N) is 4. The van der Waals surface area contributed by atoms with Gasteiger partial charge in [-0.1, -0.05) is 152 Å². The Kier molecular flexibility index (Phi) is 6.52. The van der Waals surface area contributed by atoms with E-state index in [2.05, 4.69) is 168 Å². The second-order valence-corrected chi connectivity index (χ2v) is 13.6. The summed E-state index contributed by atoms with van der Waals surface area (Å²) in [5, 5.41) is 12.0. The summed E-state index contributed by atoms with van der Waals surface area (Å²) in [6.45, 7) is 0. The van der Waals surface area contributed by atoms with Gasteiger partial charge in [-0.2, -0.15) is 0 Å². The van der Waals surface area contributed by atoms with Crippen LogP contribution in [-0.2, 0) is 0 Å². The van der Waals surface area contributed by atoms with Crippen LogP contribution >= 0.6 is 0 Å². The third-order valence-electron chi connectivity index (χ3n) is 10.6. The molecule has 0 aliphatic rings. The highest BCUT2D eigenvalue weighted by Gasteiger charge is 2.18. The van der Waals surface area contributed by atoms with E-state index in [4.69, 9.17) is 15.0 Å². The smallest absolute Gasteiger partial charge is 0.164 e. The number of benzene rings is 9. The maximum Gasteiger partial charge on any atom is 0.164 e. The first-order chi connectivity index (χ1) is 26.3. The lowest BCUT2D eigenvalue weighted by Gasteiger charge is -2.15. The minimum absolute atomic E-state index is 0.630. The quantitative estimate of drug-likeness (QED) is 0.175. The molecule has 11 aromatic rings. The molecule has 11 rings (SSSR count). The van der Waals surface area contributed by atoms with Crippen LogP contribution in [0, 0.1) is 0 Å². The normalized spacial score (nSPS) is 11.8. The summed E-state index contributed by atoms with van der Waals surface area (Å²) in [4.78, 5) is 15.6. The van der Waals surface area contributed by atoms with Crippen LogP contribution in [0.15, 0.2) is 182 Å². The molecule has 0 bridgehead atoms. The van der Waals surface area contributed by atoms with Crippen molar-refractivity contribution in [3.05, 3.63) is 182 Å². The van der Waals surface area contributed by atoms with E-state index >= 15 is 0 Å². The Morgan fingerprint density at radius 1 is 0.302 bits per heavy atom. The van der Waals surface area contributed by atoms with Gasteiger partial charge in [0.15, 0.2) is 17.5 Å². The fraction of sp³-hybridized carbons (Fsp3) is 0.